The topological polar surface area (TPSA) is 12.0 Å². The van der Waals surface area contributed by atoms with Gasteiger partial charge in [-0.05, 0) is 75.3 Å². The molecule has 3 aliphatic rings. The maximum atomic E-state index is 3.25. The van der Waals surface area contributed by atoms with Crippen molar-refractivity contribution in [3.05, 3.63) is 58.2 Å². The monoisotopic (exact) mass is 267 g/mol. The molecule has 1 N–H and O–H groups in total. The molecule has 0 heterocycles. The Balaban J connectivity index is 2.01. The van der Waals surface area contributed by atoms with Gasteiger partial charge in [-0.3, -0.25) is 0 Å². The lowest BCUT2D eigenvalue weighted by Gasteiger charge is -2.19. The maximum Gasteiger partial charge on any atom is -0.00169 e. The second-order valence-electron chi connectivity index (χ2n) is 5.93. The fourth-order valence-electron chi connectivity index (χ4n) is 3.53. The minimum absolute atomic E-state index is 1.06. The molecular formula is C19H25N. The number of hydrogen-bond donors (Lipinski definition) is 1. The number of rotatable bonds is 3. The molecule has 0 aliphatic heterocycles. The number of allylic oxidation sites excluding steroid dienone is 9. The highest BCUT2D eigenvalue weighted by Gasteiger charge is 2.22. The van der Waals surface area contributed by atoms with Gasteiger partial charge >= 0.3 is 0 Å². The molecule has 0 aromatic heterocycles. The van der Waals surface area contributed by atoms with Gasteiger partial charge in [-0.15, -0.1) is 0 Å². The molecule has 3 aliphatic carbocycles. The van der Waals surface area contributed by atoms with Crippen LogP contribution in [0.4, 0.5) is 0 Å². The minimum Gasteiger partial charge on any atom is -0.319 e. The van der Waals surface area contributed by atoms with Crippen LogP contribution in [-0.4, -0.2) is 13.6 Å². The van der Waals surface area contributed by atoms with Crippen LogP contribution in [0.25, 0.3) is 0 Å². The lowest BCUT2D eigenvalue weighted by molar-refractivity contribution is 0.792. The van der Waals surface area contributed by atoms with Crippen LogP contribution >= 0.6 is 0 Å². The summed E-state index contributed by atoms with van der Waals surface area (Å²) in [5, 5.41) is 3.25. The van der Waals surface area contributed by atoms with Crippen molar-refractivity contribution in [3.8, 4) is 0 Å². The van der Waals surface area contributed by atoms with Gasteiger partial charge in [0, 0.05) is 0 Å². The Morgan fingerprint density at radius 2 is 1.55 bits per heavy atom. The Kier molecular flexibility index (Phi) is 4.37. The summed E-state index contributed by atoms with van der Waals surface area (Å²) in [6, 6.07) is 0. The molecule has 0 fully saturated rings. The Morgan fingerprint density at radius 3 is 2.10 bits per heavy atom. The minimum atomic E-state index is 1.06. The third kappa shape index (κ3) is 2.73. The van der Waals surface area contributed by atoms with E-state index >= 15 is 0 Å². The molecule has 0 aromatic carbocycles. The smallest absolute Gasteiger partial charge is 0.00169 e. The van der Waals surface area contributed by atoms with E-state index in [9.17, 15) is 0 Å². The first kappa shape index (κ1) is 13.6. The quantitative estimate of drug-likeness (QED) is 0.736. The van der Waals surface area contributed by atoms with Crippen molar-refractivity contribution in [2.45, 2.75) is 44.9 Å². The summed E-state index contributed by atoms with van der Waals surface area (Å²) in [6.07, 6.45) is 20.5. The van der Waals surface area contributed by atoms with Crippen LogP contribution in [0.2, 0.25) is 0 Å². The second kappa shape index (κ2) is 6.41. The summed E-state index contributed by atoms with van der Waals surface area (Å²) in [6.45, 7) is 1.06. The Bertz CT molecular complexity index is 484. The van der Waals surface area contributed by atoms with Gasteiger partial charge in [-0.25, -0.2) is 0 Å². The van der Waals surface area contributed by atoms with Crippen LogP contribution in [-0.2, 0) is 0 Å². The summed E-state index contributed by atoms with van der Waals surface area (Å²) >= 11 is 0. The van der Waals surface area contributed by atoms with E-state index < -0.39 is 0 Å². The normalized spacial score (nSPS) is 21.8. The molecule has 0 bridgehead atoms. The third-order valence-corrected chi connectivity index (χ3v) is 4.61. The first-order valence-corrected chi connectivity index (χ1v) is 8.03. The van der Waals surface area contributed by atoms with Crippen molar-refractivity contribution >= 4 is 0 Å². The first-order chi connectivity index (χ1) is 9.90. The van der Waals surface area contributed by atoms with Crippen LogP contribution in [0, 0.1) is 0 Å². The van der Waals surface area contributed by atoms with E-state index in [1.54, 1.807) is 11.1 Å². The lowest BCUT2D eigenvalue weighted by Crippen LogP contribution is -2.07. The maximum absolute atomic E-state index is 3.25. The molecule has 0 spiro atoms. The van der Waals surface area contributed by atoms with Crippen LogP contribution in [0.15, 0.2) is 58.2 Å². The van der Waals surface area contributed by atoms with Crippen molar-refractivity contribution in [1.29, 1.82) is 0 Å². The van der Waals surface area contributed by atoms with Crippen molar-refractivity contribution in [3.63, 3.8) is 0 Å². The average molecular weight is 267 g/mol. The predicted octanol–water partition coefficient (Wildman–Crippen LogP) is 4.61. The summed E-state index contributed by atoms with van der Waals surface area (Å²) in [4.78, 5) is 0. The van der Waals surface area contributed by atoms with Gasteiger partial charge in [0.1, 0.15) is 0 Å². The van der Waals surface area contributed by atoms with Crippen molar-refractivity contribution in [2.75, 3.05) is 13.6 Å². The highest BCUT2D eigenvalue weighted by atomic mass is 14.8. The van der Waals surface area contributed by atoms with Gasteiger partial charge in [0.25, 0.3) is 0 Å². The van der Waals surface area contributed by atoms with Gasteiger partial charge in [0.2, 0.25) is 0 Å². The Labute approximate surface area is 122 Å². The van der Waals surface area contributed by atoms with Gasteiger partial charge in [-0.1, -0.05) is 41.5 Å². The summed E-state index contributed by atoms with van der Waals surface area (Å²) in [7, 11) is 2.03. The second-order valence-corrected chi connectivity index (χ2v) is 5.93. The fourth-order valence-corrected chi connectivity index (χ4v) is 3.53. The van der Waals surface area contributed by atoms with E-state index in [-0.39, 0.29) is 0 Å². The molecule has 0 saturated heterocycles. The van der Waals surface area contributed by atoms with Crippen LogP contribution < -0.4 is 5.32 Å². The lowest BCUT2D eigenvalue weighted by atomic mass is 9.86. The summed E-state index contributed by atoms with van der Waals surface area (Å²) < 4.78 is 0. The van der Waals surface area contributed by atoms with Crippen LogP contribution in [0.3, 0.4) is 0 Å². The molecule has 0 atom stereocenters. The molecule has 0 unspecified atom stereocenters. The van der Waals surface area contributed by atoms with Gasteiger partial charge < -0.3 is 5.32 Å². The van der Waals surface area contributed by atoms with Gasteiger partial charge in [0.15, 0.2) is 0 Å². The third-order valence-electron chi connectivity index (χ3n) is 4.61. The Hall–Kier alpha value is -1.34. The highest BCUT2D eigenvalue weighted by molar-refractivity contribution is 5.62. The van der Waals surface area contributed by atoms with E-state index in [0.29, 0.717) is 0 Å². The number of nitrogens with one attached hydrogen (secondary N) is 1. The SMILES string of the molecule is CNCCC=C1C2=C(CCC=C2)CCC2=C1C=CCC2. The van der Waals surface area contributed by atoms with Crippen molar-refractivity contribution in [2.24, 2.45) is 0 Å². The standard InChI is InChI=1S/C19H25N/c1-20-14-6-11-19-17-9-4-2-7-15(17)12-13-16-8-3-5-10-18(16)19/h4-5,9-11,20H,2-3,6-8,12-14H2,1H3. The zero-order valence-electron chi connectivity index (χ0n) is 12.5. The zero-order valence-corrected chi connectivity index (χ0v) is 12.5. The summed E-state index contributed by atoms with van der Waals surface area (Å²) in [5.41, 5.74) is 7.94. The average Bonchev–Trinajstić information content (AvgIpc) is 2.66. The zero-order chi connectivity index (χ0) is 13.8. The molecular weight excluding hydrogens is 242 g/mol. The van der Waals surface area contributed by atoms with E-state index in [1.807, 2.05) is 7.05 Å². The van der Waals surface area contributed by atoms with Crippen molar-refractivity contribution in [1.82, 2.24) is 5.32 Å². The Morgan fingerprint density at radius 1 is 0.950 bits per heavy atom. The van der Waals surface area contributed by atoms with E-state index in [4.69, 9.17) is 0 Å². The van der Waals surface area contributed by atoms with Crippen LogP contribution in [0.5, 0.6) is 0 Å². The molecule has 1 heteroatoms. The molecule has 3 rings (SSSR count). The molecule has 0 radical (unpaired) electrons. The van der Waals surface area contributed by atoms with E-state index in [1.165, 1.54) is 55.2 Å². The molecule has 0 amide bonds. The van der Waals surface area contributed by atoms with E-state index in [0.717, 1.165) is 13.0 Å². The van der Waals surface area contributed by atoms with E-state index in [2.05, 4.69) is 35.7 Å². The molecule has 0 saturated carbocycles. The van der Waals surface area contributed by atoms with Gasteiger partial charge in [0.05, 0.1) is 0 Å². The molecule has 106 valence electrons. The van der Waals surface area contributed by atoms with Crippen LogP contribution in [0.1, 0.15) is 44.9 Å². The fraction of sp³-hybridized carbons (Fsp3) is 0.474. The predicted molar refractivity (Wildman–Crippen MR) is 86.7 cm³/mol. The van der Waals surface area contributed by atoms with Crippen molar-refractivity contribution < 1.29 is 0 Å². The molecule has 1 nitrogen and oxygen atoms in total. The highest BCUT2D eigenvalue weighted by Crippen LogP contribution is 2.40. The largest absolute Gasteiger partial charge is 0.319 e. The first-order valence-electron chi connectivity index (χ1n) is 8.03. The number of hydrogen-bond acceptors (Lipinski definition) is 1. The summed E-state index contributed by atoms with van der Waals surface area (Å²) in [5.74, 6) is 0. The molecule has 0 aromatic rings. The van der Waals surface area contributed by atoms with Gasteiger partial charge in [-0.2, -0.15) is 0 Å². The molecule has 20 heavy (non-hydrogen) atoms.